The summed E-state index contributed by atoms with van der Waals surface area (Å²) in [6.07, 6.45) is 1.90. The van der Waals surface area contributed by atoms with Crippen molar-refractivity contribution in [3.63, 3.8) is 0 Å². The fraction of sp³-hybridized carbons (Fsp3) is 0.833. The van der Waals surface area contributed by atoms with Crippen molar-refractivity contribution in [2.45, 2.75) is 45.2 Å². The van der Waals surface area contributed by atoms with Crippen molar-refractivity contribution in [3.05, 3.63) is 0 Å². The number of likely N-dealkylation sites (tertiary alicyclic amines) is 1. The monoisotopic (exact) mass is 241 g/mol. The minimum absolute atomic E-state index is 0.0448. The summed E-state index contributed by atoms with van der Waals surface area (Å²) in [5, 5.41) is 2.92. The van der Waals surface area contributed by atoms with E-state index in [-0.39, 0.29) is 17.9 Å². The lowest BCUT2D eigenvalue weighted by molar-refractivity contribution is -0.134. The van der Waals surface area contributed by atoms with Crippen LogP contribution in [0.2, 0.25) is 0 Å². The van der Waals surface area contributed by atoms with E-state index in [0.29, 0.717) is 31.7 Å². The zero-order valence-electron chi connectivity index (χ0n) is 10.9. The van der Waals surface area contributed by atoms with Gasteiger partial charge >= 0.3 is 0 Å². The van der Waals surface area contributed by atoms with Crippen molar-refractivity contribution < 1.29 is 9.59 Å². The summed E-state index contributed by atoms with van der Waals surface area (Å²) >= 11 is 0. The molecule has 1 fully saturated rings. The molecule has 2 unspecified atom stereocenters. The number of likely N-dealkylation sites (N-methyl/N-ethyl adjacent to an activating group) is 1. The Kier molecular flexibility index (Phi) is 4.93. The van der Waals surface area contributed by atoms with E-state index in [1.807, 2.05) is 13.8 Å². The highest BCUT2D eigenvalue weighted by Crippen LogP contribution is 2.10. The number of nitrogens with zero attached hydrogens (tertiary/aromatic N) is 1. The van der Waals surface area contributed by atoms with Crippen LogP contribution in [0.5, 0.6) is 0 Å². The topological polar surface area (TPSA) is 75.4 Å². The average molecular weight is 241 g/mol. The van der Waals surface area contributed by atoms with Crippen molar-refractivity contribution in [2.75, 3.05) is 13.6 Å². The molecule has 5 heteroatoms. The maximum atomic E-state index is 11.8. The van der Waals surface area contributed by atoms with Gasteiger partial charge in [0.2, 0.25) is 11.8 Å². The number of amides is 2. The second kappa shape index (κ2) is 6.00. The molecule has 0 bridgehead atoms. The highest BCUT2D eigenvalue weighted by Gasteiger charge is 2.25. The smallest absolute Gasteiger partial charge is 0.237 e. The van der Waals surface area contributed by atoms with Gasteiger partial charge in [0.05, 0.1) is 6.04 Å². The summed E-state index contributed by atoms with van der Waals surface area (Å²) in [5.41, 5.74) is 5.80. The third-order valence-electron chi connectivity index (χ3n) is 3.04. The highest BCUT2D eigenvalue weighted by molar-refractivity contribution is 5.82. The van der Waals surface area contributed by atoms with Crippen molar-refractivity contribution in [3.8, 4) is 0 Å². The molecule has 2 atom stereocenters. The highest BCUT2D eigenvalue weighted by atomic mass is 16.2. The largest absolute Gasteiger partial charge is 0.350 e. The molecule has 0 aliphatic carbocycles. The summed E-state index contributed by atoms with van der Waals surface area (Å²) in [6, 6.07) is -0.402. The molecule has 0 aromatic carbocycles. The third kappa shape index (κ3) is 4.34. The van der Waals surface area contributed by atoms with E-state index in [1.165, 1.54) is 0 Å². The van der Waals surface area contributed by atoms with Crippen LogP contribution in [0, 0.1) is 5.92 Å². The summed E-state index contributed by atoms with van der Waals surface area (Å²) in [6.45, 7) is 4.67. The molecular formula is C12H23N3O2. The lowest BCUT2D eigenvalue weighted by atomic mass is 10.0. The molecule has 2 amide bonds. The molecule has 98 valence electrons. The molecule has 0 saturated carbocycles. The van der Waals surface area contributed by atoms with Crippen LogP contribution in [0.1, 0.15) is 33.1 Å². The van der Waals surface area contributed by atoms with Crippen molar-refractivity contribution >= 4 is 11.8 Å². The molecular weight excluding hydrogens is 218 g/mol. The van der Waals surface area contributed by atoms with Gasteiger partial charge < -0.3 is 16.0 Å². The molecule has 1 aliphatic rings. The quantitative estimate of drug-likeness (QED) is 0.733. The van der Waals surface area contributed by atoms with E-state index < -0.39 is 6.04 Å². The number of carbonyl (C=O) groups excluding carboxylic acids is 2. The van der Waals surface area contributed by atoms with Gasteiger partial charge in [-0.3, -0.25) is 9.59 Å². The Morgan fingerprint density at radius 2 is 2.24 bits per heavy atom. The Morgan fingerprint density at radius 3 is 2.76 bits per heavy atom. The predicted molar refractivity (Wildman–Crippen MR) is 66.2 cm³/mol. The zero-order valence-corrected chi connectivity index (χ0v) is 10.9. The molecule has 0 aromatic heterocycles. The molecule has 1 rings (SSSR count). The van der Waals surface area contributed by atoms with Gasteiger partial charge in [-0.2, -0.15) is 0 Å². The molecule has 0 aromatic rings. The van der Waals surface area contributed by atoms with E-state index in [2.05, 4.69) is 5.32 Å². The second-order valence-corrected chi connectivity index (χ2v) is 5.25. The van der Waals surface area contributed by atoms with Crippen molar-refractivity contribution in [1.29, 1.82) is 0 Å². The molecule has 1 saturated heterocycles. The van der Waals surface area contributed by atoms with Crippen LogP contribution in [0.15, 0.2) is 0 Å². The van der Waals surface area contributed by atoms with Crippen LogP contribution >= 0.6 is 0 Å². The zero-order chi connectivity index (χ0) is 13.0. The van der Waals surface area contributed by atoms with Crippen molar-refractivity contribution in [2.24, 2.45) is 11.7 Å². The Hall–Kier alpha value is -1.10. The van der Waals surface area contributed by atoms with Crippen LogP contribution in [-0.4, -0.2) is 42.4 Å². The summed E-state index contributed by atoms with van der Waals surface area (Å²) in [4.78, 5) is 24.7. The van der Waals surface area contributed by atoms with Gasteiger partial charge in [0.25, 0.3) is 0 Å². The van der Waals surface area contributed by atoms with Gasteiger partial charge in [0.15, 0.2) is 0 Å². The van der Waals surface area contributed by atoms with Gasteiger partial charge in [0, 0.05) is 26.1 Å². The van der Waals surface area contributed by atoms with Crippen LogP contribution in [0.4, 0.5) is 0 Å². The van der Waals surface area contributed by atoms with Gasteiger partial charge in [-0.1, -0.05) is 13.8 Å². The molecule has 5 nitrogen and oxygen atoms in total. The number of piperidine rings is 1. The molecule has 17 heavy (non-hydrogen) atoms. The normalized spacial score (nSPS) is 22.8. The lowest BCUT2D eigenvalue weighted by Gasteiger charge is -2.31. The predicted octanol–water partition coefficient (Wildman–Crippen LogP) is 0.0968. The van der Waals surface area contributed by atoms with Gasteiger partial charge in [-0.15, -0.1) is 0 Å². The van der Waals surface area contributed by atoms with E-state index in [0.717, 1.165) is 0 Å². The first-order valence-corrected chi connectivity index (χ1v) is 6.20. The van der Waals surface area contributed by atoms with E-state index in [4.69, 9.17) is 5.73 Å². The number of nitrogens with one attached hydrogen (secondary N) is 1. The molecule has 3 N–H and O–H groups in total. The Labute approximate surface area is 103 Å². The summed E-state index contributed by atoms with van der Waals surface area (Å²) in [5.74, 6) is 0.444. The minimum atomic E-state index is -0.446. The van der Waals surface area contributed by atoms with Crippen LogP contribution < -0.4 is 11.1 Å². The van der Waals surface area contributed by atoms with Crippen molar-refractivity contribution in [1.82, 2.24) is 10.2 Å². The molecule has 1 heterocycles. The summed E-state index contributed by atoms with van der Waals surface area (Å²) < 4.78 is 0. The van der Waals surface area contributed by atoms with Gasteiger partial charge in [-0.05, 0) is 18.8 Å². The van der Waals surface area contributed by atoms with Gasteiger partial charge in [0.1, 0.15) is 0 Å². The number of hydrogen-bond donors (Lipinski definition) is 2. The van der Waals surface area contributed by atoms with E-state index >= 15 is 0 Å². The standard InChI is InChI=1S/C12H23N3O2/c1-8(2)6-10(13)12(17)14-9-4-5-11(16)15(3)7-9/h8-10H,4-7,13H2,1-3H3,(H,14,17). The Balaban J connectivity index is 2.38. The van der Waals surface area contributed by atoms with Crippen LogP contribution in [-0.2, 0) is 9.59 Å². The maximum Gasteiger partial charge on any atom is 0.237 e. The Bertz CT molecular complexity index is 291. The third-order valence-corrected chi connectivity index (χ3v) is 3.04. The van der Waals surface area contributed by atoms with Crippen LogP contribution in [0.3, 0.4) is 0 Å². The molecule has 0 spiro atoms. The first-order chi connectivity index (χ1) is 7.90. The number of carbonyl (C=O) groups is 2. The maximum absolute atomic E-state index is 11.8. The summed E-state index contributed by atoms with van der Waals surface area (Å²) in [7, 11) is 1.76. The van der Waals surface area contributed by atoms with E-state index in [9.17, 15) is 9.59 Å². The Morgan fingerprint density at radius 1 is 1.59 bits per heavy atom. The first kappa shape index (κ1) is 14.0. The minimum Gasteiger partial charge on any atom is -0.350 e. The fourth-order valence-corrected chi connectivity index (χ4v) is 2.05. The lowest BCUT2D eigenvalue weighted by Crippen LogP contribution is -2.52. The molecule has 0 radical (unpaired) electrons. The second-order valence-electron chi connectivity index (χ2n) is 5.25. The number of hydrogen-bond acceptors (Lipinski definition) is 3. The number of rotatable bonds is 4. The van der Waals surface area contributed by atoms with Gasteiger partial charge in [-0.25, -0.2) is 0 Å². The first-order valence-electron chi connectivity index (χ1n) is 6.20. The van der Waals surface area contributed by atoms with E-state index in [1.54, 1.807) is 11.9 Å². The number of nitrogens with two attached hydrogens (primary N) is 1. The SMILES string of the molecule is CC(C)CC(N)C(=O)NC1CCC(=O)N(C)C1. The average Bonchev–Trinajstić information content (AvgIpc) is 2.22. The molecule has 1 aliphatic heterocycles. The fourth-order valence-electron chi connectivity index (χ4n) is 2.05. The van der Waals surface area contributed by atoms with Crippen LogP contribution in [0.25, 0.3) is 0 Å².